The first-order chi connectivity index (χ1) is 15.5. The Balaban J connectivity index is 2.08. The Kier molecular flexibility index (Phi) is 5.03. The van der Waals surface area contributed by atoms with Gasteiger partial charge in [-0.1, -0.05) is 90.1 Å². The number of ether oxygens (including phenoxy) is 1. The highest BCUT2D eigenvalue weighted by atomic mass is 79.9. The van der Waals surface area contributed by atoms with Gasteiger partial charge in [-0.15, -0.1) is 0 Å². The monoisotopic (exact) mass is 498 g/mol. The molecule has 2 heteroatoms. The van der Waals surface area contributed by atoms with Crippen molar-refractivity contribution in [3.8, 4) is 16.9 Å². The van der Waals surface area contributed by atoms with Crippen LogP contribution in [0.1, 0.15) is 52.7 Å². The maximum atomic E-state index is 5.92. The van der Waals surface area contributed by atoms with Gasteiger partial charge in [0.15, 0.2) is 0 Å². The average molecular weight is 499 g/mol. The molecule has 0 spiro atoms. The standard InChI is InChI=1S/C31H31BrO/c1-30(2,3)23-17-24(33-7)20-14-15-21-27-22(16-13-19(23)26(20)27)29(32)25(28(21)31(4,5)6)18-11-9-8-10-12-18/h8-17H,1-7H3. The lowest BCUT2D eigenvalue weighted by Crippen LogP contribution is -2.15. The van der Waals surface area contributed by atoms with Gasteiger partial charge in [0, 0.05) is 20.8 Å². The van der Waals surface area contributed by atoms with Crippen molar-refractivity contribution in [2.45, 2.75) is 52.4 Å². The summed E-state index contributed by atoms with van der Waals surface area (Å²) in [6, 6.07) is 22.2. The van der Waals surface area contributed by atoms with Crippen LogP contribution in [0.3, 0.4) is 0 Å². The minimum absolute atomic E-state index is 0.00881. The first kappa shape index (κ1) is 22.2. The number of hydrogen-bond acceptors (Lipinski definition) is 1. The Labute approximate surface area is 205 Å². The highest BCUT2D eigenvalue weighted by Gasteiger charge is 2.29. The number of rotatable bonds is 2. The molecule has 0 atom stereocenters. The summed E-state index contributed by atoms with van der Waals surface area (Å²) in [5.74, 6) is 0.947. The molecular weight excluding hydrogens is 468 g/mol. The van der Waals surface area contributed by atoms with Crippen LogP contribution in [-0.2, 0) is 10.8 Å². The Morgan fingerprint density at radius 2 is 1.24 bits per heavy atom. The van der Waals surface area contributed by atoms with Crippen molar-refractivity contribution in [2.75, 3.05) is 7.11 Å². The molecule has 168 valence electrons. The highest BCUT2D eigenvalue weighted by molar-refractivity contribution is 9.10. The summed E-state index contributed by atoms with van der Waals surface area (Å²) in [6.45, 7) is 13.8. The van der Waals surface area contributed by atoms with Crippen LogP contribution in [0, 0.1) is 0 Å². The zero-order valence-corrected chi connectivity index (χ0v) is 22.1. The molecule has 0 aromatic heterocycles. The third kappa shape index (κ3) is 3.34. The molecule has 0 saturated heterocycles. The predicted octanol–water partition coefficient (Wildman–Crippen LogP) is 9.62. The molecule has 0 aliphatic heterocycles. The third-order valence-electron chi connectivity index (χ3n) is 6.81. The molecule has 0 fully saturated rings. The van der Waals surface area contributed by atoms with Gasteiger partial charge in [-0.05, 0) is 77.1 Å². The zero-order valence-electron chi connectivity index (χ0n) is 20.6. The van der Waals surface area contributed by atoms with E-state index in [1.807, 2.05) is 0 Å². The SMILES string of the molecule is COc1cc(C(C)(C)C)c2ccc3c(Br)c(-c4ccccc4)c(C(C)(C)C)c4ccc1c2c34. The van der Waals surface area contributed by atoms with E-state index in [9.17, 15) is 0 Å². The van der Waals surface area contributed by atoms with Crippen LogP contribution in [-0.4, -0.2) is 7.11 Å². The van der Waals surface area contributed by atoms with Crippen LogP contribution < -0.4 is 4.74 Å². The molecule has 1 nitrogen and oxygen atoms in total. The fourth-order valence-corrected chi connectivity index (χ4v) is 6.18. The summed E-state index contributed by atoms with van der Waals surface area (Å²) in [5, 5.41) is 7.70. The molecule has 0 saturated carbocycles. The average Bonchev–Trinajstić information content (AvgIpc) is 2.76. The van der Waals surface area contributed by atoms with E-state index in [1.54, 1.807) is 7.11 Å². The third-order valence-corrected chi connectivity index (χ3v) is 7.63. The first-order valence-corrected chi connectivity index (χ1v) is 12.4. The quantitative estimate of drug-likeness (QED) is 0.220. The molecule has 0 radical (unpaired) electrons. The van der Waals surface area contributed by atoms with Gasteiger partial charge in [0.1, 0.15) is 5.75 Å². The van der Waals surface area contributed by atoms with Crippen molar-refractivity contribution in [1.82, 2.24) is 0 Å². The van der Waals surface area contributed by atoms with E-state index in [4.69, 9.17) is 4.74 Å². The second kappa shape index (κ2) is 7.46. The van der Waals surface area contributed by atoms with Crippen molar-refractivity contribution >= 4 is 48.2 Å². The van der Waals surface area contributed by atoms with E-state index in [1.165, 1.54) is 59.0 Å². The molecule has 0 unspecified atom stereocenters. The van der Waals surface area contributed by atoms with Gasteiger partial charge in [-0.25, -0.2) is 0 Å². The number of benzene rings is 5. The summed E-state index contributed by atoms with van der Waals surface area (Å²) in [7, 11) is 1.78. The van der Waals surface area contributed by atoms with Crippen LogP contribution in [0.25, 0.3) is 43.4 Å². The lowest BCUT2D eigenvalue weighted by Gasteiger charge is -2.30. The maximum Gasteiger partial charge on any atom is 0.127 e. The van der Waals surface area contributed by atoms with E-state index in [-0.39, 0.29) is 10.8 Å². The van der Waals surface area contributed by atoms with Crippen LogP contribution in [0.5, 0.6) is 5.75 Å². The molecule has 5 aromatic carbocycles. The molecule has 0 bridgehead atoms. The fourth-order valence-electron chi connectivity index (χ4n) is 5.43. The van der Waals surface area contributed by atoms with E-state index in [2.05, 4.69) is 118 Å². The highest BCUT2D eigenvalue weighted by Crippen LogP contribution is 2.51. The topological polar surface area (TPSA) is 9.23 Å². The van der Waals surface area contributed by atoms with Gasteiger partial charge in [-0.3, -0.25) is 0 Å². The van der Waals surface area contributed by atoms with Crippen molar-refractivity contribution in [3.05, 3.63) is 76.3 Å². The van der Waals surface area contributed by atoms with Gasteiger partial charge >= 0.3 is 0 Å². The van der Waals surface area contributed by atoms with E-state index in [0.717, 1.165) is 5.75 Å². The lowest BCUT2D eigenvalue weighted by molar-refractivity contribution is 0.418. The molecule has 0 heterocycles. The molecule has 0 aliphatic carbocycles. The van der Waals surface area contributed by atoms with Gasteiger partial charge in [0.2, 0.25) is 0 Å². The second-order valence-electron chi connectivity index (χ2n) is 11.1. The Hall–Kier alpha value is -2.58. The van der Waals surface area contributed by atoms with Crippen molar-refractivity contribution in [1.29, 1.82) is 0 Å². The smallest absolute Gasteiger partial charge is 0.127 e. The first-order valence-electron chi connectivity index (χ1n) is 11.6. The van der Waals surface area contributed by atoms with Crippen molar-refractivity contribution in [2.24, 2.45) is 0 Å². The van der Waals surface area contributed by atoms with Gasteiger partial charge < -0.3 is 4.74 Å². The summed E-state index contributed by atoms with van der Waals surface area (Å²) in [4.78, 5) is 0. The van der Waals surface area contributed by atoms with Gasteiger partial charge in [0.25, 0.3) is 0 Å². The normalized spacial score (nSPS) is 12.8. The summed E-state index contributed by atoms with van der Waals surface area (Å²) in [5.41, 5.74) is 5.20. The number of hydrogen-bond donors (Lipinski definition) is 0. The van der Waals surface area contributed by atoms with Crippen LogP contribution >= 0.6 is 15.9 Å². The second-order valence-corrected chi connectivity index (χ2v) is 11.9. The largest absolute Gasteiger partial charge is 0.496 e. The summed E-state index contributed by atoms with van der Waals surface area (Å²) in [6.07, 6.45) is 0. The molecule has 5 rings (SSSR count). The molecule has 0 aliphatic rings. The Bertz CT molecular complexity index is 1500. The van der Waals surface area contributed by atoms with E-state index >= 15 is 0 Å². The van der Waals surface area contributed by atoms with Crippen LogP contribution in [0.4, 0.5) is 0 Å². The predicted molar refractivity (Wildman–Crippen MR) is 147 cm³/mol. The van der Waals surface area contributed by atoms with E-state index in [0.29, 0.717) is 0 Å². The zero-order chi connectivity index (χ0) is 23.7. The molecule has 5 aromatic rings. The van der Waals surface area contributed by atoms with E-state index < -0.39 is 0 Å². The minimum Gasteiger partial charge on any atom is -0.496 e. The molecule has 33 heavy (non-hydrogen) atoms. The summed E-state index contributed by atoms with van der Waals surface area (Å²) < 4.78 is 7.08. The molecular formula is C31H31BrO. The van der Waals surface area contributed by atoms with Crippen molar-refractivity contribution < 1.29 is 4.74 Å². The maximum absolute atomic E-state index is 5.92. The molecule has 0 amide bonds. The molecule has 0 N–H and O–H groups in total. The van der Waals surface area contributed by atoms with Crippen LogP contribution in [0.2, 0.25) is 0 Å². The Morgan fingerprint density at radius 3 is 1.85 bits per heavy atom. The van der Waals surface area contributed by atoms with Gasteiger partial charge in [0.05, 0.1) is 7.11 Å². The number of methoxy groups -OCH3 is 1. The minimum atomic E-state index is -0.0348. The Morgan fingerprint density at radius 1 is 0.667 bits per heavy atom. The fraction of sp³-hybridized carbons (Fsp3) is 0.290. The summed E-state index contributed by atoms with van der Waals surface area (Å²) >= 11 is 4.07. The lowest BCUT2D eigenvalue weighted by atomic mass is 9.75. The van der Waals surface area contributed by atoms with Crippen LogP contribution in [0.15, 0.2) is 65.1 Å². The van der Waals surface area contributed by atoms with Crippen molar-refractivity contribution in [3.63, 3.8) is 0 Å². The number of halogens is 1. The van der Waals surface area contributed by atoms with Gasteiger partial charge in [-0.2, -0.15) is 0 Å².